The van der Waals surface area contributed by atoms with Crippen molar-refractivity contribution in [3.05, 3.63) is 40.4 Å². The zero-order chi connectivity index (χ0) is 21.6. The predicted octanol–water partition coefficient (Wildman–Crippen LogP) is 3.57. The molecular formula is C21H26N4O3S2. The lowest BCUT2D eigenvalue weighted by Crippen LogP contribution is -2.35. The van der Waals surface area contributed by atoms with Gasteiger partial charge in [-0.1, -0.05) is 13.8 Å². The Morgan fingerprint density at radius 2 is 1.97 bits per heavy atom. The Balaban J connectivity index is 1.70. The second kappa shape index (κ2) is 7.79. The van der Waals surface area contributed by atoms with E-state index in [4.69, 9.17) is 0 Å². The van der Waals surface area contributed by atoms with Crippen LogP contribution in [0, 0.1) is 6.92 Å². The van der Waals surface area contributed by atoms with Crippen LogP contribution in [0.5, 0.6) is 0 Å². The van der Waals surface area contributed by atoms with Gasteiger partial charge in [0.25, 0.3) is 5.91 Å². The molecular weight excluding hydrogens is 420 g/mol. The summed E-state index contributed by atoms with van der Waals surface area (Å²) >= 11 is 1.45. The third-order valence-electron chi connectivity index (χ3n) is 5.66. The molecule has 0 spiro atoms. The van der Waals surface area contributed by atoms with Gasteiger partial charge in [0.15, 0.2) is 0 Å². The number of hydrogen-bond donors (Lipinski definition) is 0. The van der Waals surface area contributed by atoms with Crippen molar-refractivity contribution in [1.29, 1.82) is 0 Å². The summed E-state index contributed by atoms with van der Waals surface area (Å²) in [5, 5.41) is 5.40. The van der Waals surface area contributed by atoms with Gasteiger partial charge in [0.05, 0.1) is 15.5 Å². The van der Waals surface area contributed by atoms with Crippen LogP contribution < -0.4 is 4.90 Å². The van der Waals surface area contributed by atoms with E-state index in [1.807, 2.05) is 33.9 Å². The van der Waals surface area contributed by atoms with Crippen molar-refractivity contribution in [2.75, 3.05) is 24.5 Å². The Morgan fingerprint density at radius 3 is 2.63 bits per heavy atom. The first-order chi connectivity index (χ1) is 14.3. The van der Waals surface area contributed by atoms with Gasteiger partial charge in [-0.15, -0.1) is 11.3 Å². The van der Waals surface area contributed by atoms with Crippen LogP contribution in [-0.4, -0.2) is 48.0 Å². The van der Waals surface area contributed by atoms with Gasteiger partial charge < -0.3 is 4.90 Å². The molecule has 0 radical (unpaired) electrons. The zero-order valence-electron chi connectivity index (χ0n) is 17.7. The monoisotopic (exact) mass is 446 g/mol. The molecule has 0 aliphatic carbocycles. The van der Waals surface area contributed by atoms with Crippen LogP contribution in [0.2, 0.25) is 0 Å². The molecule has 0 saturated heterocycles. The quantitative estimate of drug-likeness (QED) is 0.600. The van der Waals surface area contributed by atoms with Crippen molar-refractivity contribution in [1.82, 2.24) is 14.1 Å². The molecule has 3 aromatic rings. The molecule has 0 fully saturated rings. The lowest BCUT2D eigenvalue weighted by Gasteiger charge is -2.30. The summed E-state index contributed by atoms with van der Waals surface area (Å²) in [5.74, 6) is -0.0455. The van der Waals surface area contributed by atoms with Crippen molar-refractivity contribution in [3.63, 3.8) is 0 Å². The molecule has 1 aromatic carbocycles. The molecule has 1 aliphatic rings. The van der Waals surface area contributed by atoms with Crippen LogP contribution in [0.1, 0.15) is 41.2 Å². The molecule has 30 heavy (non-hydrogen) atoms. The van der Waals surface area contributed by atoms with E-state index in [2.05, 4.69) is 5.10 Å². The molecule has 3 heterocycles. The van der Waals surface area contributed by atoms with Crippen molar-refractivity contribution in [2.24, 2.45) is 7.05 Å². The van der Waals surface area contributed by atoms with Crippen LogP contribution >= 0.6 is 11.3 Å². The fraction of sp³-hybridized carbons (Fsp3) is 0.429. The highest BCUT2D eigenvalue weighted by molar-refractivity contribution is 7.89. The number of aryl methyl sites for hydroxylation is 3. The molecule has 4 rings (SSSR count). The number of amides is 1. The standard InChI is InChI=1S/C21H26N4O3S2/c1-5-24(6-2)30(27,28)16-9-10-18-15(12-16)8-7-11-25(18)20(26)19-13-17-14(3)22-23(4)21(17)29-19/h9-10,12-13H,5-8,11H2,1-4H3. The summed E-state index contributed by atoms with van der Waals surface area (Å²) in [7, 11) is -1.64. The highest BCUT2D eigenvalue weighted by Gasteiger charge is 2.28. The topological polar surface area (TPSA) is 75.5 Å². The molecule has 0 atom stereocenters. The fourth-order valence-electron chi connectivity index (χ4n) is 4.10. The summed E-state index contributed by atoms with van der Waals surface area (Å²) < 4.78 is 29.0. The molecule has 0 N–H and O–H groups in total. The molecule has 1 aliphatic heterocycles. The van der Waals surface area contributed by atoms with Crippen LogP contribution in [0.15, 0.2) is 29.2 Å². The SMILES string of the molecule is CCN(CC)S(=O)(=O)c1ccc2c(c1)CCCN2C(=O)c1cc2c(C)nn(C)c2s1. The number of aromatic nitrogens is 2. The number of anilines is 1. The third-order valence-corrected chi connectivity index (χ3v) is 8.90. The van der Waals surface area contributed by atoms with E-state index in [0.29, 0.717) is 29.4 Å². The molecule has 0 unspecified atom stereocenters. The normalized spacial score (nSPS) is 14.5. The first kappa shape index (κ1) is 21.0. The number of benzene rings is 1. The average Bonchev–Trinajstić information content (AvgIpc) is 3.28. The zero-order valence-corrected chi connectivity index (χ0v) is 19.3. The number of carbonyl (C=O) groups excluding carboxylic acids is 1. The maximum absolute atomic E-state index is 13.3. The number of thiophene rings is 1. The van der Waals surface area contributed by atoms with Crippen molar-refractivity contribution >= 4 is 43.2 Å². The van der Waals surface area contributed by atoms with Gasteiger partial charge in [-0.2, -0.15) is 9.40 Å². The van der Waals surface area contributed by atoms with E-state index in [1.165, 1.54) is 15.6 Å². The Morgan fingerprint density at radius 1 is 1.23 bits per heavy atom. The van der Waals surface area contributed by atoms with E-state index < -0.39 is 10.0 Å². The molecule has 9 heteroatoms. The number of carbonyl (C=O) groups is 1. The first-order valence-electron chi connectivity index (χ1n) is 10.2. The number of sulfonamides is 1. The lowest BCUT2D eigenvalue weighted by molar-refractivity contribution is 0.0989. The largest absolute Gasteiger partial charge is 0.307 e. The van der Waals surface area contributed by atoms with Gasteiger partial charge in [0, 0.05) is 37.8 Å². The summed E-state index contributed by atoms with van der Waals surface area (Å²) in [6.07, 6.45) is 1.56. The van der Waals surface area contributed by atoms with E-state index in [-0.39, 0.29) is 5.91 Å². The average molecular weight is 447 g/mol. The number of hydrogen-bond acceptors (Lipinski definition) is 5. The number of rotatable bonds is 5. The van der Waals surface area contributed by atoms with Crippen molar-refractivity contribution in [3.8, 4) is 0 Å². The fourth-order valence-corrected chi connectivity index (χ4v) is 6.68. The maximum atomic E-state index is 13.3. The summed E-state index contributed by atoms with van der Waals surface area (Å²) in [6, 6.07) is 7.06. The summed E-state index contributed by atoms with van der Waals surface area (Å²) in [4.78, 5) is 17.0. The minimum atomic E-state index is -3.52. The second-order valence-corrected chi connectivity index (χ2v) is 10.4. The molecule has 160 valence electrons. The Bertz CT molecular complexity index is 1190. The van der Waals surface area contributed by atoms with Crippen molar-refractivity contribution < 1.29 is 13.2 Å². The van der Waals surface area contributed by atoms with Crippen LogP contribution in [-0.2, 0) is 23.5 Å². The van der Waals surface area contributed by atoms with Crippen LogP contribution in [0.3, 0.4) is 0 Å². The number of nitrogens with zero attached hydrogens (tertiary/aromatic N) is 4. The summed E-state index contributed by atoms with van der Waals surface area (Å²) in [5.41, 5.74) is 2.62. The lowest BCUT2D eigenvalue weighted by atomic mass is 10.0. The van der Waals surface area contributed by atoms with Crippen molar-refractivity contribution in [2.45, 2.75) is 38.5 Å². The van der Waals surface area contributed by atoms with Gasteiger partial charge >= 0.3 is 0 Å². The van der Waals surface area contributed by atoms with Gasteiger partial charge in [-0.3, -0.25) is 9.48 Å². The molecule has 2 aromatic heterocycles. The van der Waals surface area contributed by atoms with E-state index in [0.717, 1.165) is 40.0 Å². The highest BCUT2D eigenvalue weighted by atomic mass is 32.2. The maximum Gasteiger partial charge on any atom is 0.268 e. The molecule has 1 amide bonds. The van der Waals surface area contributed by atoms with Gasteiger partial charge in [-0.25, -0.2) is 8.42 Å². The van der Waals surface area contributed by atoms with Gasteiger partial charge in [-0.05, 0) is 49.6 Å². The summed E-state index contributed by atoms with van der Waals surface area (Å²) in [6.45, 7) is 7.10. The van der Waals surface area contributed by atoms with E-state index in [9.17, 15) is 13.2 Å². The Kier molecular flexibility index (Phi) is 5.46. The number of fused-ring (bicyclic) bond motifs is 2. The molecule has 0 bridgehead atoms. The van der Waals surface area contributed by atoms with Gasteiger partial charge in [0.1, 0.15) is 4.83 Å². The highest BCUT2D eigenvalue weighted by Crippen LogP contribution is 2.34. The minimum absolute atomic E-state index is 0.0455. The molecule has 0 saturated carbocycles. The van der Waals surface area contributed by atoms with Gasteiger partial charge in [0.2, 0.25) is 10.0 Å². The van der Waals surface area contributed by atoms with Crippen LogP contribution in [0.25, 0.3) is 10.2 Å². The van der Waals surface area contributed by atoms with E-state index in [1.54, 1.807) is 27.8 Å². The third kappa shape index (κ3) is 3.34. The second-order valence-electron chi connectivity index (χ2n) is 7.48. The van der Waals surface area contributed by atoms with E-state index >= 15 is 0 Å². The Labute approximate surface area is 181 Å². The minimum Gasteiger partial charge on any atom is -0.307 e. The molecule has 7 nitrogen and oxygen atoms in total. The Hall–Kier alpha value is -2.23. The predicted molar refractivity (Wildman–Crippen MR) is 120 cm³/mol. The van der Waals surface area contributed by atoms with Crippen LogP contribution in [0.4, 0.5) is 5.69 Å². The smallest absolute Gasteiger partial charge is 0.268 e. The first-order valence-corrected chi connectivity index (χ1v) is 12.4.